The summed E-state index contributed by atoms with van der Waals surface area (Å²) >= 11 is 11.1. The maximum absolute atomic E-state index is 10.9. The fourth-order valence-corrected chi connectivity index (χ4v) is 1.09. The zero-order chi connectivity index (χ0) is 9.84. The van der Waals surface area contributed by atoms with Gasteiger partial charge >= 0.3 is 0 Å². The molecular weight excluding hydrogens is 213 g/mol. The molecule has 0 bridgehead atoms. The molecule has 1 rings (SSSR count). The molecule has 0 spiro atoms. The molecule has 70 valence electrons. The predicted octanol–water partition coefficient (Wildman–Crippen LogP) is 2.13. The van der Waals surface area contributed by atoms with Gasteiger partial charge < -0.3 is 5.32 Å². The van der Waals surface area contributed by atoms with Crippen LogP contribution in [0.3, 0.4) is 0 Å². The summed E-state index contributed by atoms with van der Waals surface area (Å²) in [5, 5.41) is 2.73. The SMILES string of the molecule is CCC(=O)Nc1cc(Cl)nc(Cl)n1. The number of nitrogens with zero attached hydrogens (tertiary/aromatic N) is 2. The van der Waals surface area contributed by atoms with E-state index in [-0.39, 0.29) is 16.3 Å². The first-order chi connectivity index (χ1) is 6.11. The Hall–Kier alpha value is -0.870. The minimum atomic E-state index is -0.147. The molecule has 0 aliphatic carbocycles. The highest BCUT2D eigenvalue weighted by Crippen LogP contribution is 2.14. The van der Waals surface area contributed by atoms with Crippen molar-refractivity contribution in [3.8, 4) is 0 Å². The Morgan fingerprint density at radius 3 is 2.77 bits per heavy atom. The Kier molecular flexibility index (Phi) is 3.45. The minimum Gasteiger partial charge on any atom is -0.311 e. The Labute approximate surface area is 85.3 Å². The summed E-state index contributed by atoms with van der Waals surface area (Å²) in [6, 6.07) is 1.43. The molecule has 0 saturated carbocycles. The highest BCUT2D eigenvalue weighted by molar-refractivity contribution is 6.32. The third-order valence-corrected chi connectivity index (χ3v) is 1.62. The first-order valence-corrected chi connectivity index (χ1v) is 4.37. The number of amides is 1. The second-order valence-electron chi connectivity index (χ2n) is 2.25. The highest BCUT2D eigenvalue weighted by atomic mass is 35.5. The molecule has 13 heavy (non-hydrogen) atoms. The Morgan fingerprint density at radius 2 is 2.23 bits per heavy atom. The molecule has 0 radical (unpaired) electrons. The van der Waals surface area contributed by atoms with Crippen molar-refractivity contribution in [2.24, 2.45) is 0 Å². The van der Waals surface area contributed by atoms with Gasteiger partial charge in [-0.05, 0) is 11.6 Å². The van der Waals surface area contributed by atoms with Gasteiger partial charge in [-0.25, -0.2) is 9.97 Å². The van der Waals surface area contributed by atoms with Crippen molar-refractivity contribution < 1.29 is 4.79 Å². The zero-order valence-electron chi connectivity index (χ0n) is 6.84. The van der Waals surface area contributed by atoms with Gasteiger partial charge in [0.2, 0.25) is 11.2 Å². The smallest absolute Gasteiger partial charge is 0.225 e. The van der Waals surface area contributed by atoms with Crippen molar-refractivity contribution in [3.63, 3.8) is 0 Å². The van der Waals surface area contributed by atoms with E-state index in [0.29, 0.717) is 12.2 Å². The van der Waals surface area contributed by atoms with Crippen LogP contribution in [0, 0.1) is 0 Å². The van der Waals surface area contributed by atoms with E-state index in [1.165, 1.54) is 6.07 Å². The average Bonchev–Trinajstić information content (AvgIpc) is 2.02. The summed E-state index contributed by atoms with van der Waals surface area (Å²) < 4.78 is 0. The van der Waals surface area contributed by atoms with E-state index in [9.17, 15) is 4.79 Å². The molecule has 0 aliphatic rings. The number of aromatic nitrogens is 2. The number of carbonyl (C=O) groups is 1. The van der Waals surface area contributed by atoms with Crippen LogP contribution in [0.2, 0.25) is 10.4 Å². The summed E-state index contributed by atoms with van der Waals surface area (Å²) in [7, 11) is 0. The number of halogens is 2. The van der Waals surface area contributed by atoms with Crippen LogP contribution in [0.1, 0.15) is 13.3 Å². The van der Waals surface area contributed by atoms with Gasteiger partial charge in [0.05, 0.1) is 0 Å². The van der Waals surface area contributed by atoms with Gasteiger partial charge in [0.1, 0.15) is 11.0 Å². The molecule has 0 atom stereocenters. The number of rotatable bonds is 2. The van der Waals surface area contributed by atoms with Crippen LogP contribution in [0.15, 0.2) is 6.07 Å². The van der Waals surface area contributed by atoms with Crippen LogP contribution in [-0.4, -0.2) is 15.9 Å². The number of carbonyl (C=O) groups excluding carboxylic acids is 1. The Bertz CT molecular complexity index is 309. The third-order valence-electron chi connectivity index (χ3n) is 1.26. The number of anilines is 1. The largest absolute Gasteiger partial charge is 0.311 e. The average molecular weight is 220 g/mol. The number of hydrogen-bond donors (Lipinski definition) is 1. The standard InChI is InChI=1S/C7H7Cl2N3O/c1-2-6(13)11-5-3-4(8)10-7(9)12-5/h3H,2H2,1H3,(H,10,11,12,13). The molecule has 1 aromatic heterocycles. The van der Waals surface area contributed by atoms with Crippen molar-refractivity contribution in [2.75, 3.05) is 5.32 Å². The van der Waals surface area contributed by atoms with Gasteiger partial charge in [-0.2, -0.15) is 0 Å². The van der Waals surface area contributed by atoms with E-state index in [1.54, 1.807) is 6.92 Å². The summed E-state index contributed by atoms with van der Waals surface area (Å²) in [5.41, 5.74) is 0. The zero-order valence-corrected chi connectivity index (χ0v) is 8.35. The highest BCUT2D eigenvalue weighted by Gasteiger charge is 2.03. The molecular formula is C7H7Cl2N3O. The predicted molar refractivity (Wildman–Crippen MR) is 51.0 cm³/mol. The lowest BCUT2D eigenvalue weighted by atomic mass is 10.4. The van der Waals surface area contributed by atoms with Crippen LogP contribution in [-0.2, 0) is 4.79 Å². The minimum absolute atomic E-state index is 0.0129. The monoisotopic (exact) mass is 219 g/mol. The lowest BCUT2D eigenvalue weighted by Gasteiger charge is -2.02. The van der Waals surface area contributed by atoms with E-state index in [2.05, 4.69) is 15.3 Å². The van der Waals surface area contributed by atoms with Gasteiger partial charge in [0.15, 0.2) is 0 Å². The normalized spacial score (nSPS) is 9.77. The van der Waals surface area contributed by atoms with Crippen molar-refractivity contribution in [3.05, 3.63) is 16.5 Å². The first-order valence-electron chi connectivity index (χ1n) is 3.61. The number of hydrogen-bond acceptors (Lipinski definition) is 3. The Morgan fingerprint density at radius 1 is 1.54 bits per heavy atom. The fourth-order valence-electron chi connectivity index (χ4n) is 0.685. The molecule has 6 heteroatoms. The van der Waals surface area contributed by atoms with Crippen molar-refractivity contribution in [1.29, 1.82) is 0 Å². The summed E-state index contributed by atoms with van der Waals surface area (Å²) in [5.74, 6) is 0.169. The topological polar surface area (TPSA) is 54.9 Å². The summed E-state index contributed by atoms with van der Waals surface area (Å²) in [4.78, 5) is 18.3. The summed E-state index contributed by atoms with van der Waals surface area (Å²) in [6.45, 7) is 1.74. The van der Waals surface area contributed by atoms with Gasteiger partial charge in [0.25, 0.3) is 0 Å². The van der Waals surface area contributed by atoms with E-state index >= 15 is 0 Å². The molecule has 0 fully saturated rings. The lowest BCUT2D eigenvalue weighted by molar-refractivity contribution is -0.115. The van der Waals surface area contributed by atoms with Crippen LogP contribution < -0.4 is 5.32 Å². The van der Waals surface area contributed by atoms with Crippen LogP contribution in [0.25, 0.3) is 0 Å². The first kappa shape index (κ1) is 10.2. The Balaban J connectivity index is 2.83. The quantitative estimate of drug-likeness (QED) is 0.613. The van der Waals surface area contributed by atoms with E-state index in [4.69, 9.17) is 23.2 Å². The van der Waals surface area contributed by atoms with Gasteiger partial charge in [-0.15, -0.1) is 0 Å². The molecule has 0 saturated heterocycles. The van der Waals surface area contributed by atoms with E-state index in [0.717, 1.165) is 0 Å². The molecule has 0 aliphatic heterocycles. The van der Waals surface area contributed by atoms with Gasteiger partial charge in [-0.3, -0.25) is 4.79 Å². The molecule has 4 nitrogen and oxygen atoms in total. The van der Waals surface area contributed by atoms with Gasteiger partial charge in [-0.1, -0.05) is 18.5 Å². The second kappa shape index (κ2) is 4.39. The molecule has 0 unspecified atom stereocenters. The van der Waals surface area contributed by atoms with E-state index < -0.39 is 0 Å². The summed E-state index contributed by atoms with van der Waals surface area (Å²) in [6.07, 6.45) is 0.374. The molecule has 1 N–H and O–H groups in total. The van der Waals surface area contributed by atoms with Crippen molar-refractivity contribution >= 4 is 34.9 Å². The molecule has 0 aromatic carbocycles. The van der Waals surface area contributed by atoms with Gasteiger partial charge in [0, 0.05) is 12.5 Å². The van der Waals surface area contributed by atoms with Crippen LogP contribution in [0.4, 0.5) is 5.82 Å². The van der Waals surface area contributed by atoms with Crippen LogP contribution in [0.5, 0.6) is 0 Å². The maximum Gasteiger partial charge on any atom is 0.225 e. The van der Waals surface area contributed by atoms with E-state index in [1.807, 2.05) is 0 Å². The maximum atomic E-state index is 10.9. The van der Waals surface area contributed by atoms with Crippen molar-refractivity contribution in [2.45, 2.75) is 13.3 Å². The molecule has 1 heterocycles. The lowest BCUT2D eigenvalue weighted by Crippen LogP contribution is -2.11. The molecule has 1 amide bonds. The fraction of sp³-hybridized carbons (Fsp3) is 0.286. The third kappa shape index (κ3) is 3.16. The van der Waals surface area contributed by atoms with Crippen LogP contribution >= 0.6 is 23.2 Å². The second-order valence-corrected chi connectivity index (χ2v) is 2.97. The molecule has 1 aromatic rings. The number of nitrogens with one attached hydrogen (secondary N) is 1. The van der Waals surface area contributed by atoms with Crippen molar-refractivity contribution in [1.82, 2.24) is 9.97 Å².